The van der Waals surface area contributed by atoms with Gasteiger partial charge in [0.05, 0.1) is 17.3 Å². The minimum absolute atomic E-state index is 0.657. The lowest BCUT2D eigenvalue weighted by molar-refractivity contribution is 1.24. The summed E-state index contributed by atoms with van der Waals surface area (Å²) in [6, 6.07) is 11.6. The van der Waals surface area contributed by atoms with Crippen molar-refractivity contribution in [2.24, 2.45) is 0 Å². The lowest BCUT2D eigenvalue weighted by Crippen LogP contribution is -1.86. The van der Waals surface area contributed by atoms with E-state index in [0.717, 1.165) is 21.5 Å². The van der Waals surface area contributed by atoms with Gasteiger partial charge in [-0.1, -0.05) is 12.1 Å². The molecule has 0 saturated heterocycles. The molecule has 3 nitrogen and oxygen atoms in total. The second kappa shape index (κ2) is 3.96. The van der Waals surface area contributed by atoms with Gasteiger partial charge >= 0.3 is 0 Å². The Morgan fingerprint density at radius 3 is 2.65 bits per heavy atom. The third-order valence-electron chi connectivity index (χ3n) is 2.55. The minimum Gasteiger partial charge on any atom is -0.236 e. The molecule has 1 aromatic carbocycles. The highest BCUT2D eigenvalue weighted by Gasteiger charge is 2.06. The van der Waals surface area contributed by atoms with Crippen LogP contribution in [0.15, 0.2) is 42.0 Å². The lowest BCUT2D eigenvalue weighted by atomic mass is 10.1. The van der Waals surface area contributed by atoms with Crippen LogP contribution in [-0.4, -0.2) is 9.97 Å². The molecule has 2 aromatic heterocycles. The fraction of sp³-hybridized carbons (Fsp3) is 0. The van der Waals surface area contributed by atoms with Crippen molar-refractivity contribution in [3.63, 3.8) is 0 Å². The number of hydrogen-bond donors (Lipinski definition) is 0. The topological polar surface area (TPSA) is 49.6 Å². The molecule has 3 rings (SSSR count). The first kappa shape index (κ1) is 9.94. The summed E-state index contributed by atoms with van der Waals surface area (Å²) in [5.74, 6) is 0. The highest BCUT2D eigenvalue weighted by Crippen LogP contribution is 2.28. The average molecular weight is 237 g/mol. The first-order valence-electron chi connectivity index (χ1n) is 5.07. The second-order valence-corrected chi connectivity index (χ2v) is 4.45. The molecule has 0 radical (unpaired) electrons. The normalized spacial score (nSPS) is 10.3. The Balaban J connectivity index is 2.20. The maximum Gasteiger partial charge on any atom is 0.127 e. The molecular formula is C13H7N3S. The summed E-state index contributed by atoms with van der Waals surface area (Å²) in [4.78, 5) is 9.52. The van der Waals surface area contributed by atoms with E-state index in [9.17, 15) is 0 Å². The predicted molar refractivity (Wildman–Crippen MR) is 67.6 cm³/mol. The highest BCUT2D eigenvalue weighted by atomic mass is 32.1. The largest absolute Gasteiger partial charge is 0.236 e. The quantitative estimate of drug-likeness (QED) is 0.652. The third kappa shape index (κ3) is 1.67. The molecule has 0 aliphatic carbocycles. The number of benzene rings is 1. The van der Waals surface area contributed by atoms with Crippen molar-refractivity contribution in [2.75, 3.05) is 0 Å². The molecular weight excluding hydrogens is 230 g/mol. The molecule has 0 fully saturated rings. The van der Waals surface area contributed by atoms with E-state index in [0.29, 0.717) is 5.56 Å². The summed E-state index contributed by atoms with van der Waals surface area (Å²) in [5.41, 5.74) is 2.58. The van der Waals surface area contributed by atoms with Gasteiger partial charge < -0.3 is 0 Å². The summed E-state index contributed by atoms with van der Waals surface area (Å²) in [7, 11) is 0. The van der Waals surface area contributed by atoms with Crippen molar-refractivity contribution in [1.29, 1.82) is 5.26 Å². The van der Waals surface area contributed by atoms with E-state index in [2.05, 4.69) is 16.0 Å². The predicted octanol–water partition coefficient (Wildman–Crippen LogP) is 3.23. The monoisotopic (exact) mass is 237 g/mol. The van der Waals surface area contributed by atoms with E-state index in [1.807, 2.05) is 23.6 Å². The molecule has 0 aliphatic heterocycles. The molecule has 0 aliphatic rings. The van der Waals surface area contributed by atoms with Crippen molar-refractivity contribution >= 4 is 21.6 Å². The van der Waals surface area contributed by atoms with Crippen LogP contribution >= 0.6 is 11.3 Å². The second-order valence-electron chi connectivity index (χ2n) is 3.55. The van der Waals surface area contributed by atoms with Crippen LogP contribution in [0.25, 0.3) is 21.5 Å². The summed E-state index contributed by atoms with van der Waals surface area (Å²) in [5, 5.41) is 11.8. The van der Waals surface area contributed by atoms with E-state index in [1.54, 1.807) is 29.8 Å². The summed E-state index contributed by atoms with van der Waals surface area (Å²) >= 11 is 1.60. The zero-order valence-corrected chi connectivity index (χ0v) is 9.61. The standard InChI is InChI=1S/C13H7N3S/c14-7-9-1-3-10(4-2-9)12-11-5-6-17-13(11)16-8-15-12/h1-6,8H. The molecule has 2 heterocycles. The molecule has 0 unspecified atom stereocenters. The fourth-order valence-corrected chi connectivity index (χ4v) is 2.46. The van der Waals surface area contributed by atoms with Gasteiger partial charge in [0.1, 0.15) is 11.2 Å². The van der Waals surface area contributed by atoms with Crippen LogP contribution in [0, 0.1) is 11.3 Å². The van der Waals surface area contributed by atoms with Crippen molar-refractivity contribution in [3.8, 4) is 17.3 Å². The van der Waals surface area contributed by atoms with E-state index in [1.165, 1.54) is 0 Å². The van der Waals surface area contributed by atoms with Crippen LogP contribution in [0.4, 0.5) is 0 Å². The number of nitrogens with zero attached hydrogens (tertiary/aromatic N) is 3. The number of aromatic nitrogens is 2. The van der Waals surface area contributed by atoms with Crippen molar-refractivity contribution < 1.29 is 0 Å². The first-order chi connectivity index (χ1) is 8.38. The number of fused-ring (bicyclic) bond motifs is 1. The Morgan fingerprint density at radius 2 is 1.88 bits per heavy atom. The smallest absolute Gasteiger partial charge is 0.127 e. The number of rotatable bonds is 1. The van der Waals surface area contributed by atoms with Gasteiger partial charge in [-0.3, -0.25) is 0 Å². The van der Waals surface area contributed by atoms with Gasteiger partial charge in [0.25, 0.3) is 0 Å². The Bertz CT molecular complexity index is 707. The number of nitriles is 1. The van der Waals surface area contributed by atoms with Crippen molar-refractivity contribution in [2.45, 2.75) is 0 Å². The Morgan fingerprint density at radius 1 is 1.06 bits per heavy atom. The van der Waals surface area contributed by atoms with Gasteiger partial charge in [0.15, 0.2) is 0 Å². The van der Waals surface area contributed by atoms with Gasteiger partial charge in [0, 0.05) is 10.9 Å². The molecule has 80 valence electrons. The van der Waals surface area contributed by atoms with Crippen LogP contribution < -0.4 is 0 Å². The average Bonchev–Trinajstić information content (AvgIpc) is 2.87. The van der Waals surface area contributed by atoms with Gasteiger partial charge in [-0.25, -0.2) is 9.97 Å². The minimum atomic E-state index is 0.657. The Kier molecular flexibility index (Phi) is 2.32. The SMILES string of the molecule is N#Cc1ccc(-c2ncnc3sccc23)cc1. The molecule has 0 spiro atoms. The Hall–Kier alpha value is -2.25. The lowest BCUT2D eigenvalue weighted by Gasteiger charge is -2.01. The van der Waals surface area contributed by atoms with Crippen LogP contribution in [0.2, 0.25) is 0 Å². The van der Waals surface area contributed by atoms with E-state index >= 15 is 0 Å². The van der Waals surface area contributed by atoms with Crippen LogP contribution in [0.3, 0.4) is 0 Å². The number of hydrogen-bond acceptors (Lipinski definition) is 4. The summed E-state index contributed by atoms with van der Waals surface area (Å²) in [6.07, 6.45) is 1.58. The fourth-order valence-electron chi connectivity index (χ4n) is 1.72. The maximum absolute atomic E-state index is 8.76. The maximum atomic E-state index is 8.76. The Labute approximate surface area is 102 Å². The van der Waals surface area contributed by atoms with Gasteiger partial charge in [0.2, 0.25) is 0 Å². The van der Waals surface area contributed by atoms with Gasteiger partial charge in [-0.05, 0) is 23.6 Å². The molecule has 0 atom stereocenters. The molecule has 0 saturated carbocycles. The molecule has 17 heavy (non-hydrogen) atoms. The van der Waals surface area contributed by atoms with Crippen molar-refractivity contribution in [1.82, 2.24) is 9.97 Å². The van der Waals surface area contributed by atoms with E-state index < -0.39 is 0 Å². The summed E-state index contributed by atoms with van der Waals surface area (Å²) < 4.78 is 0. The number of thiophene rings is 1. The zero-order chi connectivity index (χ0) is 11.7. The molecule has 3 aromatic rings. The first-order valence-corrected chi connectivity index (χ1v) is 5.95. The van der Waals surface area contributed by atoms with E-state index in [-0.39, 0.29) is 0 Å². The highest BCUT2D eigenvalue weighted by molar-refractivity contribution is 7.16. The van der Waals surface area contributed by atoms with Gasteiger partial charge in [-0.15, -0.1) is 11.3 Å². The summed E-state index contributed by atoms with van der Waals surface area (Å²) in [6.45, 7) is 0. The third-order valence-corrected chi connectivity index (χ3v) is 3.37. The van der Waals surface area contributed by atoms with Crippen LogP contribution in [0.1, 0.15) is 5.56 Å². The molecule has 4 heteroatoms. The van der Waals surface area contributed by atoms with Crippen LogP contribution in [-0.2, 0) is 0 Å². The van der Waals surface area contributed by atoms with Gasteiger partial charge in [-0.2, -0.15) is 5.26 Å². The molecule has 0 bridgehead atoms. The van der Waals surface area contributed by atoms with Crippen molar-refractivity contribution in [3.05, 3.63) is 47.6 Å². The molecule has 0 amide bonds. The van der Waals surface area contributed by atoms with E-state index in [4.69, 9.17) is 5.26 Å². The zero-order valence-electron chi connectivity index (χ0n) is 8.79. The molecule has 0 N–H and O–H groups in total. The van der Waals surface area contributed by atoms with Crippen LogP contribution in [0.5, 0.6) is 0 Å².